The molecule has 1 heterocycles. The van der Waals surface area contributed by atoms with E-state index in [-0.39, 0.29) is 17.2 Å². The van der Waals surface area contributed by atoms with Crippen molar-refractivity contribution < 1.29 is 27.5 Å². The van der Waals surface area contributed by atoms with Crippen molar-refractivity contribution in [1.82, 2.24) is 5.32 Å². The number of furan rings is 1. The first-order valence-electron chi connectivity index (χ1n) is 8.31. The van der Waals surface area contributed by atoms with Crippen LogP contribution in [-0.2, 0) is 16.0 Å². The number of halogens is 2. The molecule has 27 heavy (non-hydrogen) atoms. The maximum Gasteiger partial charge on any atom is 0.375 e. The second kappa shape index (κ2) is 7.99. The van der Waals surface area contributed by atoms with Gasteiger partial charge in [-0.2, -0.15) is 0 Å². The summed E-state index contributed by atoms with van der Waals surface area (Å²) >= 11 is 0. The number of benzene rings is 2. The molecule has 0 saturated heterocycles. The molecule has 3 aromatic rings. The highest BCUT2D eigenvalue weighted by Gasteiger charge is 2.21. The van der Waals surface area contributed by atoms with Crippen molar-refractivity contribution in [3.05, 3.63) is 71.0 Å². The third kappa shape index (κ3) is 4.31. The van der Waals surface area contributed by atoms with Crippen LogP contribution in [0.3, 0.4) is 0 Å². The van der Waals surface area contributed by atoms with Gasteiger partial charge in [-0.05, 0) is 37.1 Å². The van der Waals surface area contributed by atoms with E-state index in [0.29, 0.717) is 23.9 Å². The van der Waals surface area contributed by atoms with Crippen LogP contribution in [-0.4, -0.2) is 25.0 Å². The lowest BCUT2D eigenvalue weighted by molar-refractivity contribution is -0.124. The Morgan fingerprint density at radius 1 is 1.11 bits per heavy atom. The molecule has 1 amide bonds. The van der Waals surface area contributed by atoms with Gasteiger partial charge in [0.1, 0.15) is 5.82 Å². The van der Waals surface area contributed by atoms with Gasteiger partial charge in [0.25, 0.3) is 5.91 Å². The van der Waals surface area contributed by atoms with Crippen LogP contribution < -0.4 is 5.32 Å². The SMILES string of the molecule is Cc1c(C(=O)OCC(=O)NCCc2ccc(F)cc2)oc2c(F)cccc12. The predicted octanol–water partition coefficient (Wildman–Crippen LogP) is 3.54. The lowest BCUT2D eigenvalue weighted by atomic mass is 10.1. The van der Waals surface area contributed by atoms with Gasteiger partial charge >= 0.3 is 5.97 Å². The molecule has 0 radical (unpaired) electrons. The molecule has 0 bridgehead atoms. The molecule has 5 nitrogen and oxygen atoms in total. The standard InChI is InChI=1S/C20H17F2NO4/c1-12-15-3-2-4-16(22)19(15)27-18(12)20(25)26-11-17(24)23-10-9-13-5-7-14(21)8-6-13/h2-8H,9-11H2,1H3,(H,23,24). The van der Waals surface area contributed by atoms with Crippen LogP contribution in [0, 0.1) is 18.6 Å². The fourth-order valence-electron chi connectivity index (χ4n) is 2.65. The minimum absolute atomic E-state index is 0.0225. The summed E-state index contributed by atoms with van der Waals surface area (Å²) in [6.45, 7) is 1.45. The van der Waals surface area contributed by atoms with Crippen molar-refractivity contribution in [1.29, 1.82) is 0 Å². The van der Waals surface area contributed by atoms with Crippen molar-refractivity contribution in [2.75, 3.05) is 13.2 Å². The van der Waals surface area contributed by atoms with Gasteiger partial charge in [-0.3, -0.25) is 4.79 Å². The van der Waals surface area contributed by atoms with Crippen molar-refractivity contribution in [3.63, 3.8) is 0 Å². The van der Waals surface area contributed by atoms with E-state index in [9.17, 15) is 18.4 Å². The highest BCUT2D eigenvalue weighted by atomic mass is 19.1. The van der Waals surface area contributed by atoms with Crippen molar-refractivity contribution in [2.45, 2.75) is 13.3 Å². The Kier molecular flexibility index (Phi) is 5.49. The van der Waals surface area contributed by atoms with Crippen LogP contribution in [0.4, 0.5) is 8.78 Å². The first-order valence-corrected chi connectivity index (χ1v) is 8.31. The van der Waals surface area contributed by atoms with E-state index in [4.69, 9.17) is 9.15 Å². The Bertz CT molecular complexity index is 980. The first-order chi connectivity index (χ1) is 13.0. The Morgan fingerprint density at radius 3 is 2.56 bits per heavy atom. The predicted molar refractivity (Wildman–Crippen MR) is 94.3 cm³/mol. The van der Waals surface area contributed by atoms with E-state index in [2.05, 4.69) is 5.32 Å². The molecule has 3 rings (SSSR count). The maximum atomic E-state index is 13.7. The number of hydrogen-bond acceptors (Lipinski definition) is 4. The molecule has 2 aromatic carbocycles. The summed E-state index contributed by atoms with van der Waals surface area (Å²) in [6, 6.07) is 10.3. The van der Waals surface area contributed by atoms with Gasteiger partial charge in [-0.1, -0.05) is 24.3 Å². The summed E-state index contributed by atoms with van der Waals surface area (Å²) in [6.07, 6.45) is 0.516. The summed E-state index contributed by atoms with van der Waals surface area (Å²) in [5.74, 6) is -2.35. The Labute approximate surface area is 153 Å². The lowest BCUT2D eigenvalue weighted by Gasteiger charge is -2.06. The van der Waals surface area contributed by atoms with Gasteiger partial charge in [0.15, 0.2) is 18.0 Å². The Hall–Kier alpha value is -3.22. The number of fused-ring (bicyclic) bond motifs is 1. The number of esters is 1. The topological polar surface area (TPSA) is 68.5 Å². The molecule has 0 aliphatic carbocycles. The summed E-state index contributed by atoms with van der Waals surface area (Å²) < 4.78 is 36.8. The van der Waals surface area contributed by atoms with Gasteiger partial charge in [-0.25, -0.2) is 13.6 Å². The van der Waals surface area contributed by atoms with Crippen LogP contribution in [0.5, 0.6) is 0 Å². The monoisotopic (exact) mass is 373 g/mol. The Balaban J connectivity index is 1.51. The number of aryl methyl sites for hydroxylation is 1. The van der Waals surface area contributed by atoms with Crippen molar-refractivity contribution in [3.8, 4) is 0 Å². The van der Waals surface area contributed by atoms with Gasteiger partial charge in [0, 0.05) is 17.5 Å². The number of amides is 1. The van der Waals surface area contributed by atoms with Gasteiger partial charge < -0.3 is 14.5 Å². The average molecular weight is 373 g/mol. The summed E-state index contributed by atoms with van der Waals surface area (Å²) in [5.41, 5.74) is 1.30. The molecule has 0 spiro atoms. The van der Waals surface area contributed by atoms with E-state index in [1.165, 1.54) is 24.3 Å². The summed E-state index contributed by atoms with van der Waals surface area (Å²) in [5, 5.41) is 3.08. The number of hydrogen-bond donors (Lipinski definition) is 1. The van der Waals surface area contributed by atoms with Gasteiger partial charge in [0.05, 0.1) is 0 Å². The maximum absolute atomic E-state index is 13.7. The summed E-state index contributed by atoms with van der Waals surface area (Å²) in [7, 11) is 0. The minimum Gasteiger partial charge on any atom is -0.450 e. The molecule has 0 atom stereocenters. The van der Waals surface area contributed by atoms with Crippen LogP contribution in [0.25, 0.3) is 11.0 Å². The molecule has 1 N–H and O–H groups in total. The highest BCUT2D eigenvalue weighted by Crippen LogP contribution is 2.27. The van der Waals surface area contributed by atoms with Crippen LogP contribution in [0.2, 0.25) is 0 Å². The zero-order valence-corrected chi connectivity index (χ0v) is 14.6. The second-order valence-electron chi connectivity index (χ2n) is 5.98. The molecule has 0 unspecified atom stereocenters. The molecule has 0 aliphatic heterocycles. The normalized spacial score (nSPS) is 10.8. The summed E-state index contributed by atoms with van der Waals surface area (Å²) in [4.78, 5) is 23.9. The van der Waals surface area contributed by atoms with E-state index >= 15 is 0 Å². The fourth-order valence-corrected chi connectivity index (χ4v) is 2.65. The minimum atomic E-state index is -0.836. The number of nitrogens with one attached hydrogen (secondary N) is 1. The second-order valence-corrected chi connectivity index (χ2v) is 5.98. The molecular weight excluding hydrogens is 356 g/mol. The quantitative estimate of drug-likeness (QED) is 0.671. The van der Waals surface area contributed by atoms with Crippen molar-refractivity contribution >= 4 is 22.8 Å². The number of para-hydroxylation sites is 1. The van der Waals surface area contributed by atoms with E-state index in [0.717, 1.165) is 5.56 Å². The van der Waals surface area contributed by atoms with Gasteiger partial charge in [0.2, 0.25) is 5.76 Å². The number of ether oxygens (including phenoxy) is 1. The molecule has 0 fully saturated rings. The molecule has 140 valence electrons. The smallest absolute Gasteiger partial charge is 0.375 e. The number of carbonyl (C=O) groups excluding carboxylic acids is 2. The van der Waals surface area contributed by atoms with Crippen LogP contribution in [0.15, 0.2) is 46.9 Å². The van der Waals surface area contributed by atoms with Crippen LogP contribution >= 0.6 is 0 Å². The zero-order chi connectivity index (χ0) is 19.4. The van der Waals surface area contributed by atoms with E-state index in [1.807, 2.05) is 0 Å². The lowest BCUT2D eigenvalue weighted by Crippen LogP contribution is -2.30. The molecule has 7 heteroatoms. The number of carbonyl (C=O) groups is 2. The molecule has 1 aromatic heterocycles. The molecular formula is C20H17F2NO4. The highest BCUT2D eigenvalue weighted by molar-refractivity contribution is 5.96. The average Bonchev–Trinajstić information content (AvgIpc) is 3.00. The van der Waals surface area contributed by atoms with E-state index < -0.39 is 24.3 Å². The fraction of sp³-hybridized carbons (Fsp3) is 0.200. The van der Waals surface area contributed by atoms with Crippen molar-refractivity contribution in [2.24, 2.45) is 0 Å². The number of rotatable bonds is 6. The third-order valence-electron chi connectivity index (χ3n) is 4.08. The Morgan fingerprint density at radius 2 is 1.85 bits per heavy atom. The molecule has 0 aliphatic rings. The van der Waals surface area contributed by atoms with Crippen LogP contribution in [0.1, 0.15) is 21.7 Å². The largest absolute Gasteiger partial charge is 0.450 e. The first kappa shape index (κ1) is 18.6. The zero-order valence-electron chi connectivity index (χ0n) is 14.6. The third-order valence-corrected chi connectivity index (χ3v) is 4.08. The van der Waals surface area contributed by atoms with E-state index in [1.54, 1.807) is 25.1 Å². The van der Waals surface area contributed by atoms with Gasteiger partial charge in [-0.15, -0.1) is 0 Å². The molecule has 0 saturated carbocycles.